The van der Waals surface area contributed by atoms with Gasteiger partial charge in [0.05, 0.1) is 6.54 Å². The number of carbonyl (C=O) groups is 1. The van der Waals surface area contributed by atoms with E-state index < -0.39 is 5.91 Å². The molecule has 0 heterocycles. The van der Waals surface area contributed by atoms with Crippen LogP contribution in [0.5, 0.6) is 5.75 Å². The Morgan fingerprint density at radius 3 is 2.33 bits per heavy atom. The van der Waals surface area contributed by atoms with Crippen molar-refractivity contribution in [3.8, 4) is 5.75 Å². The maximum absolute atomic E-state index is 10.7. The zero-order valence-electron chi connectivity index (χ0n) is 15.7. The Hall–Kier alpha value is -2.29. The van der Waals surface area contributed by atoms with Crippen molar-refractivity contribution < 1.29 is 9.53 Å². The van der Waals surface area contributed by atoms with Crippen molar-refractivity contribution in [3.05, 3.63) is 65.7 Å². The topological polar surface area (TPSA) is 79.9 Å². The van der Waals surface area contributed by atoms with Crippen LogP contribution in [0.2, 0.25) is 0 Å². The molecule has 0 fully saturated rings. The molecule has 7 heteroatoms. The number of carbonyl (C=O) groups excluding carboxylic acids is 1. The molecule has 6 nitrogen and oxygen atoms in total. The number of benzene rings is 2. The summed E-state index contributed by atoms with van der Waals surface area (Å²) < 4.78 is 5.25. The molecule has 0 radical (unpaired) electrons. The van der Waals surface area contributed by atoms with Crippen LogP contribution in [-0.2, 0) is 17.8 Å². The Morgan fingerprint density at radius 1 is 1.07 bits per heavy atom. The minimum atomic E-state index is -0.482. The van der Waals surface area contributed by atoms with Gasteiger partial charge in [-0.2, -0.15) is 0 Å². The van der Waals surface area contributed by atoms with Gasteiger partial charge in [-0.25, -0.2) is 4.99 Å². The quantitative estimate of drug-likeness (QED) is 0.344. The van der Waals surface area contributed by atoms with Gasteiger partial charge in [0.1, 0.15) is 5.75 Å². The summed E-state index contributed by atoms with van der Waals surface area (Å²) in [7, 11) is 3.95. The molecule has 2 rings (SSSR count). The number of nitrogens with zero attached hydrogens (tertiary/aromatic N) is 2. The lowest BCUT2D eigenvalue weighted by atomic mass is 10.1. The van der Waals surface area contributed by atoms with Crippen LogP contribution in [0.1, 0.15) is 11.1 Å². The van der Waals surface area contributed by atoms with E-state index in [-0.39, 0.29) is 30.6 Å². The number of hydrogen-bond acceptors (Lipinski definition) is 3. The van der Waals surface area contributed by atoms with E-state index in [1.54, 1.807) is 0 Å². The molecule has 27 heavy (non-hydrogen) atoms. The summed E-state index contributed by atoms with van der Waals surface area (Å²) in [6.45, 7) is 1.31. The van der Waals surface area contributed by atoms with E-state index in [2.05, 4.69) is 22.4 Å². The minimum absolute atomic E-state index is 0. The maximum atomic E-state index is 10.7. The largest absolute Gasteiger partial charge is 0.484 e. The second kappa shape index (κ2) is 12.2. The molecule has 0 unspecified atom stereocenters. The van der Waals surface area contributed by atoms with Crippen molar-refractivity contribution in [3.63, 3.8) is 0 Å². The van der Waals surface area contributed by atoms with Crippen molar-refractivity contribution in [2.24, 2.45) is 10.7 Å². The van der Waals surface area contributed by atoms with Gasteiger partial charge in [0, 0.05) is 20.6 Å². The van der Waals surface area contributed by atoms with Gasteiger partial charge in [-0.05, 0) is 29.7 Å². The van der Waals surface area contributed by atoms with Crippen LogP contribution in [-0.4, -0.2) is 44.0 Å². The van der Waals surface area contributed by atoms with E-state index in [0.717, 1.165) is 18.9 Å². The number of halogens is 1. The van der Waals surface area contributed by atoms with Crippen molar-refractivity contribution in [2.75, 3.05) is 27.2 Å². The lowest BCUT2D eigenvalue weighted by Gasteiger charge is -2.17. The van der Waals surface area contributed by atoms with Crippen LogP contribution in [0.4, 0.5) is 0 Å². The fraction of sp³-hybridized carbons (Fsp3) is 0.300. The molecule has 2 aromatic carbocycles. The molecule has 0 atom stereocenters. The standard InChI is InChI=1S/C20H26N4O2.HI/c1-24(2)20(23-14-17-6-4-3-5-7-17)22-13-12-16-8-10-18(11-9-16)26-15-19(21)25;/h3-11H,12-15H2,1-2H3,(H2,21,25)(H,22,23);1H. The average Bonchev–Trinajstić information content (AvgIpc) is 2.64. The Bertz CT molecular complexity index is 719. The molecule has 0 saturated heterocycles. The minimum Gasteiger partial charge on any atom is -0.484 e. The van der Waals surface area contributed by atoms with Gasteiger partial charge in [-0.15, -0.1) is 24.0 Å². The summed E-state index contributed by atoms with van der Waals surface area (Å²) in [4.78, 5) is 17.3. The fourth-order valence-corrected chi connectivity index (χ4v) is 2.33. The van der Waals surface area contributed by atoms with E-state index in [4.69, 9.17) is 10.5 Å². The monoisotopic (exact) mass is 482 g/mol. The highest BCUT2D eigenvalue weighted by molar-refractivity contribution is 14.0. The van der Waals surface area contributed by atoms with Crippen molar-refractivity contribution >= 4 is 35.8 Å². The van der Waals surface area contributed by atoms with Crippen LogP contribution < -0.4 is 15.8 Å². The normalized spacial score (nSPS) is 10.7. The Balaban J connectivity index is 0.00000364. The number of aliphatic imine (C=N–C) groups is 1. The molecule has 0 spiro atoms. The summed E-state index contributed by atoms with van der Waals surface area (Å²) >= 11 is 0. The van der Waals surface area contributed by atoms with Crippen LogP contribution in [0.15, 0.2) is 59.6 Å². The Morgan fingerprint density at radius 2 is 1.74 bits per heavy atom. The molecule has 0 aliphatic heterocycles. The van der Waals surface area contributed by atoms with E-state index >= 15 is 0 Å². The second-order valence-corrected chi connectivity index (χ2v) is 6.10. The molecule has 0 bridgehead atoms. The molecular formula is C20H27IN4O2. The van der Waals surface area contributed by atoms with Crippen LogP contribution in [0.25, 0.3) is 0 Å². The first kappa shape index (κ1) is 22.8. The number of nitrogens with two attached hydrogens (primary N) is 1. The zero-order chi connectivity index (χ0) is 18.8. The first-order chi connectivity index (χ1) is 12.5. The smallest absolute Gasteiger partial charge is 0.255 e. The fourth-order valence-electron chi connectivity index (χ4n) is 2.33. The Labute approximate surface area is 177 Å². The van der Waals surface area contributed by atoms with Crippen molar-refractivity contribution in [1.82, 2.24) is 10.2 Å². The summed E-state index contributed by atoms with van der Waals surface area (Å²) in [5.41, 5.74) is 7.42. The number of ether oxygens (including phenoxy) is 1. The van der Waals surface area contributed by atoms with E-state index in [0.29, 0.717) is 12.3 Å². The first-order valence-electron chi connectivity index (χ1n) is 8.54. The average molecular weight is 482 g/mol. The lowest BCUT2D eigenvalue weighted by molar-refractivity contribution is -0.119. The van der Waals surface area contributed by atoms with E-state index in [9.17, 15) is 4.79 Å². The Kier molecular flexibility index (Phi) is 10.2. The van der Waals surface area contributed by atoms with Gasteiger partial charge in [0.15, 0.2) is 12.6 Å². The highest BCUT2D eigenvalue weighted by Gasteiger charge is 2.03. The first-order valence-corrected chi connectivity index (χ1v) is 8.54. The molecule has 0 saturated carbocycles. The molecule has 0 aliphatic rings. The van der Waals surface area contributed by atoms with Crippen LogP contribution in [0.3, 0.4) is 0 Å². The molecular weight excluding hydrogens is 455 g/mol. The molecule has 2 aromatic rings. The SMILES string of the molecule is CN(C)C(=NCc1ccccc1)NCCc1ccc(OCC(N)=O)cc1.I. The highest BCUT2D eigenvalue weighted by Crippen LogP contribution is 2.12. The van der Waals surface area contributed by atoms with E-state index in [1.165, 1.54) is 11.1 Å². The zero-order valence-corrected chi connectivity index (χ0v) is 18.1. The van der Waals surface area contributed by atoms with Gasteiger partial charge in [-0.3, -0.25) is 4.79 Å². The number of nitrogens with one attached hydrogen (secondary N) is 1. The predicted octanol–water partition coefficient (Wildman–Crippen LogP) is 2.42. The molecule has 146 valence electrons. The van der Waals surface area contributed by atoms with Crippen LogP contribution >= 0.6 is 24.0 Å². The summed E-state index contributed by atoms with van der Waals surface area (Å²) in [6.07, 6.45) is 0.855. The number of primary amides is 1. The summed E-state index contributed by atoms with van der Waals surface area (Å²) in [5.74, 6) is 1.01. The van der Waals surface area contributed by atoms with Gasteiger partial charge in [0.25, 0.3) is 5.91 Å². The third-order valence-corrected chi connectivity index (χ3v) is 3.68. The molecule has 0 aromatic heterocycles. The molecule has 3 N–H and O–H groups in total. The second-order valence-electron chi connectivity index (χ2n) is 6.10. The number of amides is 1. The van der Waals surface area contributed by atoms with Gasteiger partial charge in [0.2, 0.25) is 0 Å². The molecule has 0 aliphatic carbocycles. The third-order valence-electron chi connectivity index (χ3n) is 3.68. The summed E-state index contributed by atoms with van der Waals surface area (Å²) in [5, 5.41) is 3.38. The summed E-state index contributed by atoms with van der Waals surface area (Å²) in [6, 6.07) is 17.8. The lowest BCUT2D eigenvalue weighted by Crippen LogP contribution is -2.37. The number of rotatable bonds is 8. The number of hydrogen-bond donors (Lipinski definition) is 2. The van der Waals surface area contributed by atoms with Crippen molar-refractivity contribution in [1.29, 1.82) is 0 Å². The van der Waals surface area contributed by atoms with E-state index in [1.807, 2.05) is 61.5 Å². The van der Waals surface area contributed by atoms with Crippen molar-refractivity contribution in [2.45, 2.75) is 13.0 Å². The molecule has 1 amide bonds. The van der Waals surface area contributed by atoms with Gasteiger partial charge in [-0.1, -0.05) is 42.5 Å². The maximum Gasteiger partial charge on any atom is 0.255 e. The van der Waals surface area contributed by atoms with Gasteiger partial charge < -0.3 is 20.7 Å². The predicted molar refractivity (Wildman–Crippen MR) is 120 cm³/mol. The van der Waals surface area contributed by atoms with Gasteiger partial charge >= 0.3 is 0 Å². The number of guanidine groups is 1. The van der Waals surface area contributed by atoms with Crippen LogP contribution in [0, 0.1) is 0 Å². The highest BCUT2D eigenvalue weighted by atomic mass is 127. The third kappa shape index (κ3) is 8.76.